The van der Waals surface area contributed by atoms with E-state index in [1.54, 1.807) is 0 Å². The summed E-state index contributed by atoms with van der Waals surface area (Å²) in [5.41, 5.74) is -0.277. The van der Waals surface area contributed by atoms with Crippen LogP contribution in [0.2, 0.25) is 0 Å². The van der Waals surface area contributed by atoms with Crippen LogP contribution in [-0.4, -0.2) is 4.98 Å². The molecule has 2 rings (SSSR count). The van der Waals surface area contributed by atoms with Gasteiger partial charge in [0.2, 0.25) is 5.95 Å². The number of rotatable bonds is 2. The predicted octanol–water partition coefficient (Wildman–Crippen LogP) is 4.75. The third-order valence-electron chi connectivity index (χ3n) is 2.30. The molecule has 7 heteroatoms. The Labute approximate surface area is 114 Å². The van der Waals surface area contributed by atoms with E-state index in [1.807, 2.05) is 0 Å². The Hall–Kier alpha value is -1.63. The molecule has 0 fully saturated rings. The molecule has 2 aromatic rings. The van der Waals surface area contributed by atoms with Crippen molar-refractivity contribution in [2.75, 3.05) is 5.32 Å². The lowest BCUT2D eigenvalue weighted by atomic mass is 10.2. The third kappa shape index (κ3) is 3.44. The first-order valence-corrected chi connectivity index (χ1v) is 5.91. The number of nitrogens with zero attached hydrogens (tertiary/aromatic N) is 1. The summed E-state index contributed by atoms with van der Waals surface area (Å²) in [6.07, 6.45) is -3.21. The molecule has 0 unspecified atom stereocenters. The Balaban J connectivity index is 2.34. The molecule has 0 radical (unpaired) electrons. The molecule has 1 aromatic carbocycles. The molecule has 0 aliphatic rings. The highest BCUT2D eigenvalue weighted by molar-refractivity contribution is 9.10. The molecule has 1 heterocycles. The normalized spacial score (nSPS) is 11.4. The van der Waals surface area contributed by atoms with E-state index in [-0.39, 0.29) is 5.69 Å². The lowest BCUT2D eigenvalue weighted by Gasteiger charge is -2.12. The van der Waals surface area contributed by atoms with Crippen molar-refractivity contribution < 1.29 is 17.6 Å². The van der Waals surface area contributed by atoms with E-state index in [4.69, 9.17) is 0 Å². The lowest BCUT2D eigenvalue weighted by molar-refractivity contribution is -0.137. The molecule has 0 amide bonds. The summed E-state index contributed by atoms with van der Waals surface area (Å²) in [6.45, 7) is 0. The van der Waals surface area contributed by atoms with Crippen molar-refractivity contribution in [3.8, 4) is 0 Å². The minimum absolute atomic E-state index is 0.195. The highest BCUT2D eigenvalue weighted by Crippen LogP contribution is 2.35. The second-order valence-corrected chi connectivity index (χ2v) is 4.54. The van der Waals surface area contributed by atoms with Gasteiger partial charge in [0.1, 0.15) is 0 Å². The van der Waals surface area contributed by atoms with E-state index in [2.05, 4.69) is 26.2 Å². The number of halogens is 5. The van der Waals surface area contributed by atoms with Crippen LogP contribution in [0.1, 0.15) is 5.56 Å². The van der Waals surface area contributed by atoms with Crippen molar-refractivity contribution in [3.63, 3.8) is 0 Å². The maximum absolute atomic E-state index is 12.9. The number of nitrogens with one attached hydrogen (secondary N) is 1. The van der Waals surface area contributed by atoms with Crippen molar-refractivity contribution >= 4 is 27.3 Å². The molecule has 19 heavy (non-hydrogen) atoms. The Bertz CT molecular complexity index is 599. The van der Waals surface area contributed by atoms with Gasteiger partial charge in [0.05, 0.1) is 11.3 Å². The quantitative estimate of drug-likeness (QED) is 0.633. The molecule has 0 saturated carbocycles. The molecule has 0 saturated heterocycles. The molecule has 2 nitrogen and oxygen atoms in total. The molecule has 1 aromatic heterocycles. The molecule has 0 bridgehead atoms. The van der Waals surface area contributed by atoms with Crippen LogP contribution in [0.25, 0.3) is 0 Å². The fraction of sp³-hybridized carbons (Fsp3) is 0.0833. The number of benzene rings is 1. The van der Waals surface area contributed by atoms with Crippen LogP contribution in [0.4, 0.5) is 28.9 Å². The van der Waals surface area contributed by atoms with Crippen LogP contribution in [-0.2, 0) is 6.18 Å². The minimum Gasteiger partial charge on any atom is -0.354 e. The summed E-state index contributed by atoms with van der Waals surface area (Å²) in [7, 11) is 0. The first kappa shape index (κ1) is 13.8. The summed E-state index contributed by atoms with van der Waals surface area (Å²) >= 11 is 3.13. The van der Waals surface area contributed by atoms with Gasteiger partial charge in [-0.2, -0.15) is 17.6 Å². The van der Waals surface area contributed by atoms with Gasteiger partial charge in [-0.1, -0.05) is 0 Å². The van der Waals surface area contributed by atoms with E-state index in [9.17, 15) is 17.6 Å². The summed E-state index contributed by atoms with van der Waals surface area (Å²) in [5.74, 6) is -0.715. The van der Waals surface area contributed by atoms with Gasteiger partial charge < -0.3 is 5.32 Å². The second kappa shape index (κ2) is 5.16. The van der Waals surface area contributed by atoms with Crippen LogP contribution in [0.3, 0.4) is 0 Å². The maximum atomic E-state index is 12.9. The zero-order chi connectivity index (χ0) is 14.0. The number of aromatic nitrogens is 1. The largest absolute Gasteiger partial charge is 0.416 e. The monoisotopic (exact) mass is 334 g/mol. The lowest BCUT2D eigenvalue weighted by Crippen LogP contribution is -2.05. The maximum Gasteiger partial charge on any atom is 0.416 e. The van der Waals surface area contributed by atoms with Crippen molar-refractivity contribution in [3.05, 3.63) is 52.5 Å². The van der Waals surface area contributed by atoms with Crippen LogP contribution >= 0.6 is 15.9 Å². The first-order chi connectivity index (χ1) is 8.86. The zero-order valence-corrected chi connectivity index (χ0v) is 10.9. The summed E-state index contributed by atoms with van der Waals surface area (Å²) < 4.78 is 51.1. The van der Waals surface area contributed by atoms with E-state index >= 15 is 0 Å². The fourth-order valence-corrected chi connectivity index (χ4v) is 1.78. The predicted molar refractivity (Wildman–Crippen MR) is 66.6 cm³/mol. The van der Waals surface area contributed by atoms with Crippen molar-refractivity contribution in [1.29, 1.82) is 0 Å². The molecule has 0 aliphatic carbocycles. The average molecular weight is 335 g/mol. The van der Waals surface area contributed by atoms with E-state index in [0.29, 0.717) is 10.2 Å². The highest BCUT2D eigenvalue weighted by Gasteiger charge is 2.30. The van der Waals surface area contributed by atoms with Gasteiger partial charge in [-0.15, -0.1) is 0 Å². The van der Waals surface area contributed by atoms with Gasteiger partial charge in [0.25, 0.3) is 0 Å². The number of hydrogen-bond acceptors (Lipinski definition) is 2. The number of alkyl halides is 3. The molecular formula is C12H7BrF4N2. The van der Waals surface area contributed by atoms with Gasteiger partial charge >= 0.3 is 6.18 Å². The summed E-state index contributed by atoms with van der Waals surface area (Å²) in [4.78, 5) is 3.36. The highest BCUT2D eigenvalue weighted by atomic mass is 79.9. The van der Waals surface area contributed by atoms with Gasteiger partial charge in [0, 0.05) is 22.4 Å². The SMILES string of the molecule is Fc1cc(Nc2cc(C(F)(F)F)ccc2Br)ccn1. The van der Waals surface area contributed by atoms with E-state index in [1.165, 1.54) is 18.3 Å². The Morgan fingerprint density at radius 1 is 1.11 bits per heavy atom. The van der Waals surface area contributed by atoms with Crippen LogP contribution in [0.5, 0.6) is 0 Å². The third-order valence-corrected chi connectivity index (χ3v) is 2.99. The van der Waals surface area contributed by atoms with E-state index in [0.717, 1.165) is 18.2 Å². The molecule has 0 spiro atoms. The van der Waals surface area contributed by atoms with Crippen molar-refractivity contribution in [1.82, 2.24) is 4.98 Å². The van der Waals surface area contributed by atoms with Gasteiger partial charge in [-0.25, -0.2) is 4.98 Å². The standard InChI is InChI=1S/C12H7BrF4N2/c13-9-2-1-7(12(15,16)17)5-10(9)19-8-3-4-18-11(14)6-8/h1-6H,(H,18,19). The molecule has 0 atom stereocenters. The second-order valence-electron chi connectivity index (χ2n) is 3.68. The fourth-order valence-electron chi connectivity index (χ4n) is 1.43. The topological polar surface area (TPSA) is 24.9 Å². The van der Waals surface area contributed by atoms with Crippen molar-refractivity contribution in [2.45, 2.75) is 6.18 Å². The molecule has 1 N–H and O–H groups in total. The van der Waals surface area contributed by atoms with Gasteiger partial charge in [0.15, 0.2) is 0 Å². The van der Waals surface area contributed by atoms with E-state index < -0.39 is 17.7 Å². The van der Waals surface area contributed by atoms with Crippen LogP contribution in [0, 0.1) is 5.95 Å². The average Bonchev–Trinajstić information content (AvgIpc) is 2.30. The molecular weight excluding hydrogens is 328 g/mol. The minimum atomic E-state index is -4.43. The van der Waals surface area contributed by atoms with Crippen molar-refractivity contribution in [2.24, 2.45) is 0 Å². The van der Waals surface area contributed by atoms with Crippen LogP contribution in [0.15, 0.2) is 41.0 Å². The first-order valence-electron chi connectivity index (χ1n) is 5.11. The smallest absolute Gasteiger partial charge is 0.354 e. The summed E-state index contributed by atoms with van der Waals surface area (Å²) in [6, 6.07) is 5.73. The molecule has 100 valence electrons. The number of anilines is 2. The van der Waals surface area contributed by atoms with Gasteiger partial charge in [-0.3, -0.25) is 0 Å². The number of pyridine rings is 1. The Morgan fingerprint density at radius 2 is 1.84 bits per heavy atom. The molecule has 0 aliphatic heterocycles. The number of hydrogen-bond donors (Lipinski definition) is 1. The Kier molecular flexibility index (Phi) is 3.75. The summed E-state index contributed by atoms with van der Waals surface area (Å²) in [5, 5.41) is 2.70. The van der Waals surface area contributed by atoms with Gasteiger partial charge in [-0.05, 0) is 40.2 Å². The Morgan fingerprint density at radius 3 is 2.47 bits per heavy atom. The van der Waals surface area contributed by atoms with Crippen LogP contribution < -0.4 is 5.32 Å². The zero-order valence-electron chi connectivity index (χ0n) is 9.30.